The molecule has 0 aromatic carbocycles. The first-order valence-corrected chi connectivity index (χ1v) is 6.82. The standard InChI is InChI=1S/C13H22N2O3/c1-2-13(12(17)18)5-7-15(9-13)11(16)10-4-3-6-14-8-10/h10,14H,2-9H2,1H3,(H,17,18). The number of aliphatic carboxylic acids is 1. The average Bonchev–Trinajstić information content (AvgIpc) is 2.84. The highest BCUT2D eigenvalue weighted by Gasteiger charge is 2.45. The van der Waals surface area contributed by atoms with Gasteiger partial charge in [-0.25, -0.2) is 0 Å². The molecule has 0 spiro atoms. The lowest BCUT2D eigenvalue weighted by atomic mass is 9.84. The molecule has 0 radical (unpaired) electrons. The van der Waals surface area contributed by atoms with Crippen molar-refractivity contribution in [3.8, 4) is 0 Å². The van der Waals surface area contributed by atoms with Crippen molar-refractivity contribution in [2.24, 2.45) is 11.3 Å². The van der Waals surface area contributed by atoms with Crippen molar-refractivity contribution in [3.63, 3.8) is 0 Å². The predicted molar refractivity (Wildman–Crippen MR) is 67.2 cm³/mol. The molecule has 2 atom stereocenters. The Morgan fingerprint density at radius 3 is 2.78 bits per heavy atom. The molecule has 0 aliphatic carbocycles. The molecule has 2 saturated heterocycles. The molecule has 2 N–H and O–H groups in total. The molecule has 0 aromatic rings. The molecule has 18 heavy (non-hydrogen) atoms. The number of likely N-dealkylation sites (tertiary alicyclic amines) is 1. The number of rotatable bonds is 3. The summed E-state index contributed by atoms with van der Waals surface area (Å²) in [6.45, 7) is 4.59. The molecular weight excluding hydrogens is 232 g/mol. The van der Waals surface area contributed by atoms with Gasteiger partial charge in [-0.3, -0.25) is 9.59 Å². The number of piperidine rings is 1. The molecular formula is C13H22N2O3. The third-order valence-electron chi connectivity index (χ3n) is 4.44. The van der Waals surface area contributed by atoms with E-state index in [0.717, 1.165) is 25.9 Å². The molecule has 5 nitrogen and oxygen atoms in total. The zero-order chi connectivity index (χ0) is 13.2. The summed E-state index contributed by atoms with van der Waals surface area (Å²) in [6.07, 6.45) is 3.14. The Kier molecular flexibility index (Phi) is 3.90. The molecule has 0 aromatic heterocycles. The van der Waals surface area contributed by atoms with Crippen molar-refractivity contribution in [1.29, 1.82) is 0 Å². The van der Waals surface area contributed by atoms with Gasteiger partial charge in [-0.15, -0.1) is 0 Å². The maximum absolute atomic E-state index is 12.3. The van der Waals surface area contributed by atoms with E-state index in [1.54, 1.807) is 4.90 Å². The molecule has 2 heterocycles. The van der Waals surface area contributed by atoms with E-state index in [1.807, 2.05) is 6.92 Å². The smallest absolute Gasteiger partial charge is 0.311 e. The quantitative estimate of drug-likeness (QED) is 0.778. The summed E-state index contributed by atoms with van der Waals surface area (Å²) < 4.78 is 0. The zero-order valence-corrected chi connectivity index (χ0v) is 10.9. The second-order valence-electron chi connectivity index (χ2n) is 5.49. The van der Waals surface area contributed by atoms with Crippen molar-refractivity contribution >= 4 is 11.9 Å². The van der Waals surface area contributed by atoms with Crippen molar-refractivity contribution < 1.29 is 14.7 Å². The predicted octanol–water partition coefficient (Wildman–Crippen LogP) is 0.699. The Hall–Kier alpha value is -1.10. The van der Waals surface area contributed by atoms with E-state index in [1.165, 1.54) is 0 Å². The second-order valence-corrected chi connectivity index (χ2v) is 5.49. The molecule has 102 valence electrons. The van der Waals surface area contributed by atoms with Crippen LogP contribution < -0.4 is 5.32 Å². The van der Waals surface area contributed by atoms with E-state index in [-0.39, 0.29) is 11.8 Å². The SMILES string of the molecule is CCC1(C(=O)O)CCN(C(=O)C2CCCNC2)C1. The number of hydrogen-bond acceptors (Lipinski definition) is 3. The summed E-state index contributed by atoms with van der Waals surface area (Å²) in [5.41, 5.74) is -0.711. The van der Waals surface area contributed by atoms with Crippen LogP contribution >= 0.6 is 0 Å². The van der Waals surface area contributed by atoms with Gasteiger partial charge in [-0.2, -0.15) is 0 Å². The molecule has 2 fully saturated rings. The van der Waals surface area contributed by atoms with Crippen LogP contribution in [0.5, 0.6) is 0 Å². The van der Waals surface area contributed by atoms with Crippen LogP contribution in [-0.2, 0) is 9.59 Å². The van der Waals surface area contributed by atoms with Gasteiger partial charge in [-0.05, 0) is 32.2 Å². The van der Waals surface area contributed by atoms with Gasteiger partial charge in [-0.1, -0.05) is 6.92 Å². The lowest BCUT2D eigenvalue weighted by Gasteiger charge is -2.28. The summed E-state index contributed by atoms with van der Waals surface area (Å²) in [7, 11) is 0. The maximum atomic E-state index is 12.3. The molecule has 2 unspecified atom stereocenters. The number of nitrogens with zero attached hydrogens (tertiary/aromatic N) is 1. The molecule has 5 heteroatoms. The van der Waals surface area contributed by atoms with Gasteiger partial charge in [0.25, 0.3) is 0 Å². The topological polar surface area (TPSA) is 69.6 Å². The van der Waals surface area contributed by atoms with E-state index in [0.29, 0.717) is 25.9 Å². The van der Waals surface area contributed by atoms with Crippen LogP contribution in [0.2, 0.25) is 0 Å². The molecule has 1 amide bonds. The van der Waals surface area contributed by atoms with Crippen LogP contribution in [0.15, 0.2) is 0 Å². The summed E-state index contributed by atoms with van der Waals surface area (Å²) >= 11 is 0. The van der Waals surface area contributed by atoms with E-state index in [4.69, 9.17) is 0 Å². The van der Waals surface area contributed by atoms with Crippen LogP contribution in [0.1, 0.15) is 32.6 Å². The molecule has 0 saturated carbocycles. The fraction of sp³-hybridized carbons (Fsp3) is 0.846. The minimum Gasteiger partial charge on any atom is -0.481 e. The highest BCUT2D eigenvalue weighted by Crippen LogP contribution is 2.35. The first kappa shape index (κ1) is 13.3. The van der Waals surface area contributed by atoms with Crippen LogP contribution in [0, 0.1) is 11.3 Å². The van der Waals surface area contributed by atoms with E-state index >= 15 is 0 Å². The van der Waals surface area contributed by atoms with Gasteiger partial charge >= 0.3 is 5.97 Å². The van der Waals surface area contributed by atoms with E-state index < -0.39 is 11.4 Å². The third-order valence-corrected chi connectivity index (χ3v) is 4.44. The Bertz CT molecular complexity index is 339. The number of hydrogen-bond donors (Lipinski definition) is 2. The first-order valence-electron chi connectivity index (χ1n) is 6.82. The van der Waals surface area contributed by atoms with Gasteiger partial charge in [0, 0.05) is 19.6 Å². The highest BCUT2D eigenvalue weighted by atomic mass is 16.4. The number of carbonyl (C=O) groups excluding carboxylic acids is 1. The van der Waals surface area contributed by atoms with Crippen LogP contribution in [0.4, 0.5) is 0 Å². The molecule has 0 bridgehead atoms. The number of carbonyl (C=O) groups is 2. The average molecular weight is 254 g/mol. The Balaban J connectivity index is 1.99. The Morgan fingerprint density at radius 2 is 2.28 bits per heavy atom. The van der Waals surface area contributed by atoms with Crippen molar-refractivity contribution in [2.45, 2.75) is 32.6 Å². The maximum Gasteiger partial charge on any atom is 0.311 e. The van der Waals surface area contributed by atoms with E-state index in [2.05, 4.69) is 5.32 Å². The number of amides is 1. The number of nitrogens with one attached hydrogen (secondary N) is 1. The summed E-state index contributed by atoms with van der Waals surface area (Å²) in [5.74, 6) is -0.582. The normalized spacial score (nSPS) is 32.5. The monoisotopic (exact) mass is 254 g/mol. The van der Waals surface area contributed by atoms with Crippen molar-refractivity contribution in [3.05, 3.63) is 0 Å². The Labute approximate surface area is 108 Å². The van der Waals surface area contributed by atoms with Gasteiger partial charge < -0.3 is 15.3 Å². The highest BCUT2D eigenvalue weighted by molar-refractivity contribution is 5.82. The van der Waals surface area contributed by atoms with Crippen molar-refractivity contribution in [1.82, 2.24) is 10.2 Å². The first-order chi connectivity index (χ1) is 8.59. The number of carboxylic acid groups (broad SMARTS) is 1. The van der Waals surface area contributed by atoms with Gasteiger partial charge in [0.1, 0.15) is 0 Å². The van der Waals surface area contributed by atoms with E-state index in [9.17, 15) is 14.7 Å². The fourth-order valence-corrected chi connectivity index (χ4v) is 3.00. The lowest BCUT2D eigenvalue weighted by molar-refractivity contribution is -0.149. The number of carboxylic acids is 1. The molecule has 2 aliphatic heterocycles. The lowest BCUT2D eigenvalue weighted by Crippen LogP contribution is -2.43. The third kappa shape index (κ3) is 2.36. The van der Waals surface area contributed by atoms with Gasteiger partial charge in [0.15, 0.2) is 0 Å². The molecule has 2 rings (SSSR count). The molecule has 2 aliphatic rings. The largest absolute Gasteiger partial charge is 0.481 e. The summed E-state index contributed by atoms with van der Waals surface area (Å²) in [4.78, 5) is 25.4. The second kappa shape index (κ2) is 5.26. The summed E-state index contributed by atoms with van der Waals surface area (Å²) in [5, 5.41) is 12.6. The van der Waals surface area contributed by atoms with Crippen LogP contribution in [0.25, 0.3) is 0 Å². The minimum absolute atomic E-state index is 0.0419. The van der Waals surface area contributed by atoms with Crippen LogP contribution in [-0.4, -0.2) is 48.1 Å². The zero-order valence-electron chi connectivity index (χ0n) is 10.9. The minimum atomic E-state index is -0.762. The van der Waals surface area contributed by atoms with Gasteiger partial charge in [0.2, 0.25) is 5.91 Å². The van der Waals surface area contributed by atoms with Crippen molar-refractivity contribution in [2.75, 3.05) is 26.2 Å². The fourth-order valence-electron chi connectivity index (χ4n) is 3.00. The Morgan fingerprint density at radius 1 is 1.50 bits per heavy atom. The van der Waals surface area contributed by atoms with Gasteiger partial charge in [0.05, 0.1) is 11.3 Å². The summed E-state index contributed by atoms with van der Waals surface area (Å²) in [6, 6.07) is 0. The van der Waals surface area contributed by atoms with Crippen LogP contribution in [0.3, 0.4) is 0 Å².